The Balaban J connectivity index is 1.48. The highest BCUT2D eigenvalue weighted by atomic mass is 19.1. The number of piperidine rings is 1. The van der Waals surface area contributed by atoms with Gasteiger partial charge in [0.15, 0.2) is 12.0 Å². The van der Waals surface area contributed by atoms with Crippen LogP contribution >= 0.6 is 0 Å². The number of anilines is 1. The minimum atomic E-state index is -1.40. The molecule has 1 fully saturated rings. The van der Waals surface area contributed by atoms with Gasteiger partial charge in [0, 0.05) is 35.5 Å². The van der Waals surface area contributed by atoms with Crippen molar-refractivity contribution >= 4 is 22.5 Å². The molecule has 0 spiro atoms. The molecule has 1 amide bonds. The van der Waals surface area contributed by atoms with Gasteiger partial charge in [-0.1, -0.05) is 13.3 Å². The van der Waals surface area contributed by atoms with E-state index in [9.17, 15) is 9.18 Å². The van der Waals surface area contributed by atoms with Crippen molar-refractivity contribution in [2.75, 3.05) is 39.1 Å². The Kier molecular flexibility index (Phi) is 9.19. The van der Waals surface area contributed by atoms with E-state index in [0.29, 0.717) is 52.5 Å². The van der Waals surface area contributed by atoms with E-state index < -0.39 is 6.17 Å². The molecule has 2 aromatic heterocycles. The van der Waals surface area contributed by atoms with Crippen molar-refractivity contribution in [3.8, 4) is 16.9 Å². The van der Waals surface area contributed by atoms with E-state index >= 15 is 0 Å². The number of likely N-dealkylation sites (N-methyl/N-ethyl adjacent to an activating group) is 1. The van der Waals surface area contributed by atoms with Crippen LogP contribution in [0.2, 0.25) is 0 Å². The van der Waals surface area contributed by atoms with Gasteiger partial charge < -0.3 is 20.5 Å². The molecule has 10 heteroatoms. The van der Waals surface area contributed by atoms with Gasteiger partial charge in [-0.15, -0.1) is 0 Å². The lowest BCUT2D eigenvalue weighted by Crippen LogP contribution is -2.49. The third-order valence-electron chi connectivity index (χ3n) is 6.41. The number of pyridine rings is 1. The van der Waals surface area contributed by atoms with Crippen LogP contribution in [0.4, 0.5) is 10.1 Å². The molecule has 3 N–H and O–H groups in total. The number of nitrogens with one attached hydrogen (secondary N) is 1. The van der Waals surface area contributed by atoms with Gasteiger partial charge in [-0.25, -0.2) is 14.4 Å². The van der Waals surface area contributed by atoms with E-state index in [1.165, 1.54) is 0 Å². The maximum absolute atomic E-state index is 14.9. The summed E-state index contributed by atoms with van der Waals surface area (Å²) in [6.45, 7) is 3.52. The number of hydrogen-bond acceptors (Lipinski definition) is 8. The average molecular weight is 511 g/mol. The molecule has 2 unspecified atom stereocenters. The lowest BCUT2D eigenvalue weighted by molar-refractivity contribution is -0.127. The van der Waals surface area contributed by atoms with Crippen molar-refractivity contribution < 1.29 is 18.7 Å². The van der Waals surface area contributed by atoms with Crippen molar-refractivity contribution in [3.05, 3.63) is 42.6 Å². The Bertz CT molecular complexity index is 1190. The Morgan fingerprint density at radius 2 is 2.05 bits per heavy atom. The molecule has 1 aromatic carbocycles. The average Bonchev–Trinajstić information content (AvgIpc) is 2.91. The smallest absolute Gasteiger partial charge is 0.237 e. The van der Waals surface area contributed by atoms with Crippen LogP contribution < -0.4 is 15.8 Å². The number of nitrogen functional groups attached to an aromatic ring is 1. The summed E-state index contributed by atoms with van der Waals surface area (Å²) in [7, 11) is 1.93. The highest BCUT2D eigenvalue weighted by molar-refractivity contribution is 5.94. The van der Waals surface area contributed by atoms with Gasteiger partial charge in [-0.2, -0.15) is 0 Å². The van der Waals surface area contributed by atoms with Gasteiger partial charge in [-0.05, 0) is 51.1 Å². The molecule has 198 valence electrons. The molecule has 0 bridgehead atoms. The number of carbonyl (C=O) groups is 1. The molecule has 0 aliphatic carbocycles. The highest BCUT2D eigenvalue weighted by Crippen LogP contribution is 2.37. The van der Waals surface area contributed by atoms with E-state index in [0.717, 1.165) is 32.2 Å². The highest BCUT2D eigenvalue weighted by Gasteiger charge is 2.26. The maximum atomic E-state index is 14.9. The molecular weight excluding hydrogens is 475 g/mol. The first-order chi connectivity index (χ1) is 18.0. The first-order valence-electron chi connectivity index (χ1n) is 12.8. The van der Waals surface area contributed by atoms with Crippen LogP contribution in [0.25, 0.3) is 22.0 Å². The number of likely N-dealkylation sites (tertiary alicyclic amines) is 1. The van der Waals surface area contributed by atoms with Gasteiger partial charge in [0.05, 0.1) is 30.0 Å². The van der Waals surface area contributed by atoms with Gasteiger partial charge in [0.2, 0.25) is 5.91 Å². The fourth-order valence-electron chi connectivity index (χ4n) is 4.42. The number of fused-ring (bicyclic) bond motifs is 1. The molecule has 9 nitrogen and oxygen atoms in total. The summed E-state index contributed by atoms with van der Waals surface area (Å²) in [5, 5.41) is 3.40. The first-order valence-corrected chi connectivity index (χ1v) is 12.8. The summed E-state index contributed by atoms with van der Waals surface area (Å²) in [5.41, 5.74) is 8.54. The lowest BCUT2D eigenvalue weighted by atomic mass is 10.0. The van der Waals surface area contributed by atoms with Crippen LogP contribution in [0.1, 0.15) is 38.4 Å². The van der Waals surface area contributed by atoms with Crippen LogP contribution in [0, 0.1) is 0 Å². The molecule has 1 saturated heterocycles. The summed E-state index contributed by atoms with van der Waals surface area (Å²) >= 11 is 0. The van der Waals surface area contributed by atoms with Gasteiger partial charge >= 0.3 is 0 Å². The molecular formula is C27H35FN6O3. The zero-order valence-electron chi connectivity index (χ0n) is 21.5. The van der Waals surface area contributed by atoms with Crippen LogP contribution in [-0.4, -0.2) is 71.3 Å². The Labute approximate surface area is 216 Å². The number of nitrogens with two attached hydrogens (primary N) is 1. The van der Waals surface area contributed by atoms with Crippen LogP contribution in [0.3, 0.4) is 0 Å². The second-order valence-electron chi connectivity index (χ2n) is 9.36. The number of ether oxygens (including phenoxy) is 2. The molecule has 2 atom stereocenters. The number of amides is 1. The van der Waals surface area contributed by atoms with Gasteiger partial charge in [-0.3, -0.25) is 14.7 Å². The molecule has 4 rings (SSSR count). The molecule has 3 heterocycles. The molecule has 0 radical (unpaired) electrons. The first kappa shape index (κ1) is 26.7. The predicted octanol–water partition coefficient (Wildman–Crippen LogP) is 3.52. The van der Waals surface area contributed by atoms with Crippen molar-refractivity contribution in [2.24, 2.45) is 0 Å². The lowest BCUT2D eigenvalue weighted by Gasteiger charge is -2.31. The minimum Gasteiger partial charge on any atom is -0.489 e. The van der Waals surface area contributed by atoms with E-state index in [2.05, 4.69) is 20.3 Å². The number of hydrogen-bond donors (Lipinski definition) is 2. The zero-order chi connectivity index (χ0) is 26.2. The Hall–Kier alpha value is -3.37. The standard InChI is InChI=1S/C27H35FN6O3/c1-3-10-36-17-25-31-12-18(13-32-25)21-7-8-23-22(11-20(29)15-30-23)26(21)37-16-19(28)14-33-27(35)24-6-4-5-9-34(24)2/h7-8,11-13,15,19,24H,3-6,9-10,14,16-17,29H2,1-2H3,(H,33,35). The van der Waals surface area contributed by atoms with Crippen molar-refractivity contribution in [3.63, 3.8) is 0 Å². The van der Waals surface area contributed by atoms with Gasteiger partial charge in [0.1, 0.15) is 19.0 Å². The molecule has 0 saturated carbocycles. The summed E-state index contributed by atoms with van der Waals surface area (Å²) in [5.74, 6) is 0.874. The van der Waals surface area contributed by atoms with Crippen LogP contribution in [-0.2, 0) is 16.1 Å². The maximum Gasteiger partial charge on any atom is 0.237 e. The number of alkyl halides is 1. The third kappa shape index (κ3) is 6.90. The fourth-order valence-corrected chi connectivity index (χ4v) is 4.42. The summed E-state index contributed by atoms with van der Waals surface area (Å²) in [4.78, 5) is 27.7. The summed E-state index contributed by atoms with van der Waals surface area (Å²) < 4.78 is 26.4. The quantitative estimate of drug-likeness (QED) is 0.377. The fraction of sp³-hybridized carbons (Fsp3) is 0.481. The largest absolute Gasteiger partial charge is 0.489 e. The molecule has 1 aliphatic heterocycles. The number of aromatic nitrogens is 3. The topological polar surface area (TPSA) is 115 Å². The van der Waals surface area contributed by atoms with E-state index in [-0.39, 0.29) is 25.1 Å². The number of halogens is 1. The van der Waals surface area contributed by atoms with Gasteiger partial charge in [0.25, 0.3) is 0 Å². The van der Waals surface area contributed by atoms with E-state index in [1.54, 1.807) is 24.7 Å². The number of nitrogens with zero attached hydrogens (tertiary/aromatic N) is 4. The van der Waals surface area contributed by atoms with Crippen molar-refractivity contribution in [1.29, 1.82) is 0 Å². The molecule has 37 heavy (non-hydrogen) atoms. The second kappa shape index (κ2) is 12.7. The normalized spacial score (nSPS) is 17.0. The van der Waals surface area contributed by atoms with Crippen molar-refractivity contribution in [2.45, 2.75) is 51.4 Å². The summed E-state index contributed by atoms with van der Waals surface area (Å²) in [6.07, 6.45) is 7.34. The SMILES string of the molecule is CCCOCc1ncc(-c2ccc3ncc(N)cc3c2OCC(F)CNC(=O)C2CCCCN2C)cn1. The third-order valence-corrected chi connectivity index (χ3v) is 6.41. The zero-order valence-corrected chi connectivity index (χ0v) is 21.5. The minimum absolute atomic E-state index is 0.126. The number of benzene rings is 1. The monoisotopic (exact) mass is 510 g/mol. The summed E-state index contributed by atoms with van der Waals surface area (Å²) in [6, 6.07) is 5.24. The Morgan fingerprint density at radius 1 is 1.24 bits per heavy atom. The molecule has 3 aromatic rings. The number of rotatable bonds is 11. The molecule has 1 aliphatic rings. The van der Waals surface area contributed by atoms with Crippen LogP contribution in [0.15, 0.2) is 36.8 Å². The van der Waals surface area contributed by atoms with Crippen molar-refractivity contribution in [1.82, 2.24) is 25.2 Å². The van der Waals surface area contributed by atoms with E-state index in [4.69, 9.17) is 15.2 Å². The predicted molar refractivity (Wildman–Crippen MR) is 141 cm³/mol. The van der Waals surface area contributed by atoms with Crippen LogP contribution in [0.5, 0.6) is 5.75 Å². The number of carbonyl (C=O) groups excluding carboxylic acids is 1. The second-order valence-corrected chi connectivity index (χ2v) is 9.36. The Morgan fingerprint density at radius 3 is 2.81 bits per heavy atom. The van der Waals surface area contributed by atoms with E-state index in [1.807, 2.05) is 31.0 Å².